The normalized spacial score (nSPS) is 19.3. The van der Waals surface area contributed by atoms with Gasteiger partial charge in [-0.2, -0.15) is 0 Å². The van der Waals surface area contributed by atoms with Crippen molar-refractivity contribution in [2.24, 2.45) is 0 Å². The highest BCUT2D eigenvalue weighted by Gasteiger charge is 2.32. The van der Waals surface area contributed by atoms with E-state index in [0.717, 1.165) is 89.9 Å². The second-order valence-electron chi connectivity index (χ2n) is 9.27. The number of nitrogens with zero attached hydrogens (tertiary/aromatic N) is 3. The number of pyridine rings is 1. The summed E-state index contributed by atoms with van der Waals surface area (Å²) in [5.41, 5.74) is 5.14. The van der Waals surface area contributed by atoms with E-state index < -0.39 is 0 Å². The van der Waals surface area contributed by atoms with E-state index in [1.165, 1.54) is 16.7 Å². The Bertz CT molecular complexity index is 1340. The number of hydrogen-bond donors (Lipinski definition) is 2. The highest BCUT2D eigenvalue weighted by atomic mass is 32.1. The number of fused-ring (bicyclic) bond motifs is 2. The number of H-pyrrole nitrogens is 1. The number of thiophene rings is 1. The van der Waals surface area contributed by atoms with Crippen LogP contribution >= 0.6 is 11.3 Å². The van der Waals surface area contributed by atoms with E-state index >= 15 is 0 Å². The van der Waals surface area contributed by atoms with Crippen LogP contribution in [0.4, 0.5) is 11.4 Å². The fourth-order valence-corrected chi connectivity index (χ4v) is 6.21. The summed E-state index contributed by atoms with van der Waals surface area (Å²) in [5.74, 6) is 0.133. The molecule has 1 atom stereocenters. The molecule has 2 fully saturated rings. The maximum atomic E-state index is 13.5. The van der Waals surface area contributed by atoms with Gasteiger partial charge < -0.3 is 19.9 Å². The molecule has 2 aliphatic rings. The molecule has 2 N–H and O–H groups in total. The molecule has 2 aliphatic heterocycles. The minimum absolute atomic E-state index is 0.133. The third-order valence-corrected chi connectivity index (χ3v) is 8.01. The molecule has 8 heteroatoms. The maximum absolute atomic E-state index is 13.5. The number of carbonyl (C=O) groups excluding carboxylic acids is 1. The van der Waals surface area contributed by atoms with E-state index in [2.05, 4.69) is 56.3 Å². The second-order valence-corrected chi connectivity index (χ2v) is 10.3. The lowest BCUT2D eigenvalue weighted by atomic mass is 10.2. The van der Waals surface area contributed by atoms with E-state index in [1.54, 1.807) is 0 Å². The van der Waals surface area contributed by atoms with Crippen molar-refractivity contribution in [3.63, 3.8) is 0 Å². The lowest BCUT2D eigenvalue weighted by molar-refractivity contribution is 0.0262. The number of likely N-dealkylation sites (tertiary alicyclic amines) is 1. The van der Waals surface area contributed by atoms with Crippen LogP contribution in [0.2, 0.25) is 0 Å². The molecule has 0 unspecified atom stereocenters. The van der Waals surface area contributed by atoms with Gasteiger partial charge in [-0.05, 0) is 56.2 Å². The van der Waals surface area contributed by atoms with Crippen LogP contribution in [0, 0.1) is 6.92 Å². The van der Waals surface area contributed by atoms with Crippen molar-refractivity contribution in [2.75, 3.05) is 44.7 Å². The third-order valence-electron chi connectivity index (χ3n) is 6.87. The minimum atomic E-state index is 0.133. The molecule has 0 aliphatic carbocycles. The number of ether oxygens (including phenoxy) is 1. The number of benzene rings is 1. The fraction of sp³-hybridized carbons (Fsp3) is 0.385. The number of nitrogens with one attached hydrogen (secondary N) is 2. The number of aromatic nitrogens is 2. The van der Waals surface area contributed by atoms with E-state index in [0.29, 0.717) is 0 Å². The Labute approximate surface area is 202 Å². The first kappa shape index (κ1) is 21.6. The van der Waals surface area contributed by atoms with Gasteiger partial charge in [0.05, 0.1) is 34.0 Å². The molecule has 6 rings (SSSR count). The van der Waals surface area contributed by atoms with Crippen molar-refractivity contribution in [2.45, 2.75) is 25.8 Å². The van der Waals surface area contributed by atoms with Crippen molar-refractivity contribution in [1.29, 1.82) is 0 Å². The van der Waals surface area contributed by atoms with Gasteiger partial charge in [-0.1, -0.05) is 0 Å². The zero-order chi connectivity index (χ0) is 23.1. The van der Waals surface area contributed by atoms with Crippen molar-refractivity contribution in [3.05, 3.63) is 53.2 Å². The van der Waals surface area contributed by atoms with E-state index in [9.17, 15) is 4.79 Å². The molecule has 34 heavy (non-hydrogen) atoms. The Kier molecular flexibility index (Phi) is 5.72. The number of amides is 1. The molecule has 5 heterocycles. The van der Waals surface area contributed by atoms with Gasteiger partial charge in [0.1, 0.15) is 0 Å². The van der Waals surface area contributed by atoms with E-state index in [1.807, 2.05) is 18.3 Å². The number of hydrogen-bond acceptors (Lipinski definition) is 6. The number of morpholine rings is 1. The zero-order valence-electron chi connectivity index (χ0n) is 19.3. The first-order valence-corrected chi connectivity index (χ1v) is 12.8. The maximum Gasteiger partial charge on any atom is 0.264 e. The molecular formula is C26H29N5O2S. The number of carbonyl (C=O) groups is 1. The number of anilines is 2. The Morgan fingerprint density at radius 2 is 2.09 bits per heavy atom. The first-order chi connectivity index (χ1) is 16.6. The summed E-state index contributed by atoms with van der Waals surface area (Å²) in [7, 11) is 0. The standard InChI is InChI=1S/C26H29N5O2S/c1-17-13-18-14-19(4-5-21(18)28-17)29-22-6-7-27-23-15-24(34-25(22)23)26(32)31-8-2-3-20(31)16-30-9-11-33-12-10-30/h4-7,13-15,20,28H,2-3,8-12,16H2,1H3,(H,27,29)/t20-/m1/s1. The molecule has 1 aromatic carbocycles. The van der Waals surface area contributed by atoms with Gasteiger partial charge in [-0.15, -0.1) is 11.3 Å². The summed E-state index contributed by atoms with van der Waals surface area (Å²) < 4.78 is 6.50. The molecule has 176 valence electrons. The Morgan fingerprint density at radius 1 is 1.21 bits per heavy atom. The van der Waals surface area contributed by atoms with Crippen LogP contribution in [-0.2, 0) is 4.74 Å². The SMILES string of the molecule is Cc1cc2cc(Nc3ccnc4cc(C(=O)N5CCC[C@@H]5CN5CCOCC5)sc34)ccc2[nH]1. The largest absolute Gasteiger partial charge is 0.379 e. The van der Waals surface area contributed by atoms with Crippen LogP contribution in [0.1, 0.15) is 28.2 Å². The third kappa shape index (κ3) is 4.17. The lowest BCUT2D eigenvalue weighted by Crippen LogP contribution is -2.46. The van der Waals surface area contributed by atoms with Crippen LogP contribution < -0.4 is 5.32 Å². The molecule has 4 aromatic rings. The molecule has 7 nitrogen and oxygen atoms in total. The fourth-order valence-electron chi connectivity index (χ4n) is 5.17. The van der Waals surface area contributed by atoms with Gasteiger partial charge in [0.2, 0.25) is 0 Å². The molecule has 3 aromatic heterocycles. The van der Waals surface area contributed by atoms with Crippen molar-refractivity contribution < 1.29 is 9.53 Å². The monoisotopic (exact) mass is 475 g/mol. The summed E-state index contributed by atoms with van der Waals surface area (Å²) in [6, 6.07) is 12.7. The highest BCUT2D eigenvalue weighted by Crippen LogP contribution is 2.34. The van der Waals surface area contributed by atoms with Crippen LogP contribution in [-0.4, -0.2) is 71.1 Å². The van der Waals surface area contributed by atoms with Crippen LogP contribution in [0.3, 0.4) is 0 Å². The van der Waals surface area contributed by atoms with Gasteiger partial charge in [0.15, 0.2) is 0 Å². The topological polar surface area (TPSA) is 73.5 Å². The van der Waals surface area contributed by atoms with Gasteiger partial charge in [-0.25, -0.2) is 0 Å². The first-order valence-electron chi connectivity index (χ1n) is 12.0. The average Bonchev–Trinajstić information content (AvgIpc) is 3.57. The van der Waals surface area contributed by atoms with Gasteiger partial charge in [0.25, 0.3) is 5.91 Å². The van der Waals surface area contributed by atoms with Crippen molar-refractivity contribution in [3.8, 4) is 0 Å². The van der Waals surface area contributed by atoms with Crippen molar-refractivity contribution >= 4 is 49.7 Å². The van der Waals surface area contributed by atoms with Gasteiger partial charge in [0, 0.05) is 60.7 Å². The predicted molar refractivity (Wildman–Crippen MR) is 137 cm³/mol. The molecule has 0 spiro atoms. The van der Waals surface area contributed by atoms with E-state index in [4.69, 9.17) is 4.74 Å². The minimum Gasteiger partial charge on any atom is -0.379 e. The molecule has 0 bridgehead atoms. The highest BCUT2D eigenvalue weighted by molar-refractivity contribution is 7.21. The number of rotatable bonds is 5. The average molecular weight is 476 g/mol. The number of aromatic amines is 1. The van der Waals surface area contributed by atoms with Gasteiger partial charge in [-0.3, -0.25) is 14.7 Å². The summed E-state index contributed by atoms with van der Waals surface area (Å²) in [4.78, 5) is 26.7. The van der Waals surface area contributed by atoms with E-state index in [-0.39, 0.29) is 11.9 Å². The summed E-state index contributed by atoms with van der Waals surface area (Å²) in [5, 5.41) is 4.72. The summed E-state index contributed by atoms with van der Waals surface area (Å²) in [6.07, 6.45) is 3.94. The summed E-state index contributed by atoms with van der Waals surface area (Å²) in [6.45, 7) is 7.31. The molecular weight excluding hydrogens is 446 g/mol. The zero-order valence-corrected chi connectivity index (χ0v) is 20.2. The van der Waals surface area contributed by atoms with Gasteiger partial charge >= 0.3 is 0 Å². The lowest BCUT2D eigenvalue weighted by Gasteiger charge is -2.32. The Hall–Kier alpha value is -2.94. The smallest absolute Gasteiger partial charge is 0.264 e. The van der Waals surface area contributed by atoms with Crippen molar-refractivity contribution in [1.82, 2.24) is 19.8 Å². The molecule has 0 radical (unpaired) electrons. The summed E-state index contributed by atoms with van der Waals surface area (Å²) >= 11 is 1.54. The molecule has 0 saturated carbocycles. The van der Waals surface area contributed by atoms with Crippen LogP contribution in [0.15, 0.2) is 42.6 Å². The predicted octanol–water partition coefficient (Wildman–Crippen LogP) is 4.77. The molecule has 2 saturated heterocycles. The van der Waals surface area contributed by atoms with Crippen LogP contribution in [0.25, 0.3) is 21.1 Å². The second kappa shape index (κ2) is 9.02. The Morgan fingerprint density at radius 3 is 2.97 bits per heavy atom. The van der Waals surface area contributed by atoms with Crippen LogP contribution in [0.5, 0.6) is 0 Å². The molecule has 1 amide bonds. The Balaban J connectivity index is 1.24. The quantitative estimate of drug-likeness (QED) is 0.435. The number of aryl methyl sites for hydroxylation is 1.